The number of amides is 1. The third-order valence-electron chi connectivity index (χ3n) is 4.03. The molecule has 0 aliphatic carbocycles. The number of nitrogens with zero attached hydrogens (tertiary/aromatic N) is 2. The van der Waals surface area contributed by atoms with Gasteiger partial charge >= 0.3 is 0 Å². The molecule has 0 saturated carbocycles. The second-order valence-corrected chi connectivity index (χ2v) is 5.91. The van der Waals surface area contributed by atoms with Gasteiger partial charge in [-0.3, -0.25) is 9.59 Å². The van der Waals surface area contributed by atoms with Gasteiger partial charge in [0.2, 0.25) is 5.91 Å². The largest absolute Gasteiger partial charge is 0.453 e. The maximum absolute atomic E-state index is 11.5. The lowest BCUT2D eigenvalue weighted by molar-refractivity contribution is -0.129. The molecule has 0 bridgehead atoms. The van der Waals surface area contributed by atoms with Gasteiger partial charge in [-0.2, -0.15) is 0 Å². The van der Waals surface area contributed by atoms with Gasteiger partial charge in [-0.1, -0.05) is 11.6 Å². The molecule has 1 aromatic heterocycles. The molecular formula is C17H17ClN2O3. The van der Waals surface area contributed by atoms with Crippen LogP contribution in [0, 0.1) is 0 Å². The number of aldehydes is 1. The molecule has 2 aromatic rings. The Balaban J connectivity index is 1.91. The van der Waals surface area contributed by atoms with E-state index in [1.807, 2.05) is 23.1 Å². The number of hydrogen-bond acceptors (Lipinski definition) is 4. The van der Waals surface area contributed by atoms with Crippen molar-refractivity contribution in [2.24, 2.45) is 0 Å². The van der Waals surface area contributed by atoms with Crippen LogP contribution in [0.5, 0.6) is 0 Å². The summed E-state index contributed by atoms with van der Waals surface area (Å²) < 4.78 is 5.55. The van der Waals surface area contributed by atoms with E-state index in [-0.39, 0.29) is 11.7 Å². The van der Waals surface area contributed by atoms with Crippen molar-refractivity contribution in [3.8, 4) is 11.3 Å². The van der Waals surface area contributed by atoms with Gasteiger partial charge in [0, 0.05) is 49.4 Å². The molecule has 5 nitrogen and oxygen atoms in total. The molecule has 1 aliphatic rings. The molecule has 1 aromatic carbocycles. The molecule has 0 spiro atoms. The molecule has 0 radical (unpaired) electrons. The highest BCUT2D eigenvalue weighted by Gasteiger charge is 2.22. The summed E-state index contributed by atoms with van der Waals surface area (Å²) in [4.78, 5) is 26.3. The zero-order valence-corrected chi connectivity index (χ0v) is 13.5. The van der Waals surface area contributed by atoms with Crippen LogP contribution >= 0.6 is 11.6 Å². The van der Waals surface area contributed by atoms with E-state index >= 15 is 0 Å². The summed E-state index contributed by atoms with van der Waals surface area (Å²) in [5, 5.41) is 0.607. The minimum Gasteiger partial charge on any atom is -0.453 e. The zero-order valence-electron chi connectivity index (χ0n) is 12.8. The fourth-order valence-corrected chi connectivity index (χ4v) is 2.98. The van der Waals surface area contributed by atoms with Gasteiger partial charge in [0.25, 0.3) is 0 Å². The summed E-state index contributed by atoms with van der Waals surface area (Å²) in [6.07, 6.45) is 0.680. The summed E-state index contributed by atoms with van der Waals surface area (Å²) in [5.41, 5.74) is 1.84. The number of furan rings is 1. The number of piperazine rings is 1. The molecule has 3 rings (SSSR count). The molecular weight excluding hydrogens is 316 g/mol. The second-order valence-electron chi connectivity index (χ2n) is 5.47. The lowest BCUT2D eigenvalue weighted by Crippen LogP contribution is -2.48. The average Bonchev–Trinajstić information content (AvgIpc) is 3.04. The maximum atomic E-state index is 11.5. The van der Waals surface area contributed by atoms with Gasteiger partial charge in [-0.25, -0.2) is 0 Å². The van der Waals surface area contributed by atoms with E-state index in [0.29, 0.717) is 30.2 Å². The van der Waals surface area contributed by atoms with Crippen LogP contribution in [0.3, 0.4) is 0 Å². The fraction of sp³-hybridized carbons (Fsp3) is 0.294. The van der Waals surface area contributed by atoms with E-state index in [0.717, 1.165) is 24.3 Å². The van der Waals surface area contributed by atoms with Crippen molar-refractivity contribution in [2.75, 3.05) is 31.1 Å². The second kappa shape index (κ2) is 6.46. The van der Waals surface area contributed by atoms with Crippen LogP contribution < -0.4 is 4.90 Å². The number of carbonyl (C=O) groups excluding carboxylic acids is 2. The normalized spacial score (nSPS) is 14.9. The molecule has 1 aliphatic heterocycles. The molecule has 0 unspecified atom stereocenters. The van der Waals surface area contributed by atoms with Gasteiger partial charge < -0.3 is 14.2 Å². The van der Waals surface area contributed by atoms with Crippen molar-refractivity contribution in [1.29, 1.82) is 0 Å². The van der Waals surface area contributed by atoms with Crippen molar-refractivity contribution >= 4 is 29.5 Å². The summed E-state index contributed by atoms with van der Waals surface area (Å²) in [7, 11) is 0. The van der Waals surface area contributed by atoms with Crippen molar-refractivity contribution in [3.05, 3.63) is 41.1 Å². The quantitative estimate of drug-likeness (QED) is 0.811. The van der Waals surface area contributed by atoms with Gasteiger partial charge in [-0.05, 0) is 30.3 Å². The summed E-state index contributed by atoms with van der Waals surface area (Å²) >= 11 is 6.13. The molecule has 1 amide bonds. The van der Waals surface area contributed by atoms with E-state index in [1.165, 1.54) is 0 Å². The Morgan fingerprint density at radius 1 is 1.17 bits per heavy atom. The van der Waals surface area contributed by atoms with Crippen molar-refractivity contribution in [1.82, 2.24) is 4.90 Å². The van der Waals surface area contributed by atoms with Crippen molar-refractivity contribution in [3.63, 3.8) is 0 Å². The Kier molecular flexibility index (Phi) is 4.39. The van der Waals surface area contributed by atoms with Crippen LogP contribution in [0.4, 0.5) is 5.69 Å². The van der Waals surface area contributed by atoms with Crippen LogP contribution in [0.15, 0.2) is 34.7 Å². The minimum atomic E-state index is 0.0997. The van der Waals surface area contributed by atoms with E-state index in [4.69, 9.17) is 16.0 Å². The molecule has 2 heterocycles. The third kappa shape index (κ3) is 3.24. The Hall–Kier alpha value is -2.27. The summed E-state index contributed by atoms with van der Waals surface area (Å²) in [6.45, 7) is 4.46. The van der Waals surface area contributed by atoms with Gasteiger partial charge in [0.1, 0.15) is 5.76 Å². The van der Waals surface area contributed by atoms with E-state index < -0.39 is 0 Å². The molecule has 1 fully saturated rings. The van der Waals surface area contributed by atoms with Crippen molar-refractivity contribution < 1.29 is 14.0 Å². The van der Waals surface area contributed by atoms with E-state index in [9.17, 15) is 9.59 Å². The molecule has 1 saturated heterocycles. The smallest absolute Gasteiger partial charge is 0.219 e. The SMILES string of the molecule is CC(=O)N1CCN(c2ccc(Cl)cc2-c2ccc(C=O)o2)CC1. The Labute approximate surface area is 139 Å². The first-order valence-electron chi connectivity index (χ1n) is 7.44. The van der Waals surface area contributed by atoms with Crippen molar-refractivity contribution in [2.45, 2.75) is 6.92 Å². The number of halogens is 1. The number of rotatable bonds is 3. The predicted octanol–water partition coefficient (Wildman–Crippen LogP) is 3.08. The first-order valence-corrected chi connectivity index (χ1v) is 7.81. The number of benzene rings is 1. The molecule has 6 heteroatoms. The van der Waals surface area contributed by atoms with E-state index in [1.54, 1.807) is 19.1 Å². The van der Waals surface area contributed by atoms with Crippen LogP contribution in [-0.4, -0.2) is 43.3 Å². The number of hydrogen-bond donors (Lipinski definition) is 0. The van der Waals surface area contributed by atoms with Gasteiger partial charge in [0.05, 0.1) is 0 Å². The Morgan fingerprint density at radius 3 is 2.52 bits per heavy atom. The lowest BCUT2D eigenvalue weighted by atomic mass is 10.1. The van der Waals surface area contributed by atoms with Gasteiger partial charge in [-0.15, -0.1) is 0 Å². The van der Waals surface area contributed by atoms with E-state index in [2.05, 4.69) is 4.90 Å². The minimum absolute atomic E-state index is 0.0997. The van der Waals surface area contributed by atoms with Crippen LogP contribution in [-0.2, 0) is 4.79 Å². The Bertz CT molecular complexity index is 733. The molecule has 0 atom stereocenters. The molecule has 0 N–H and O–H groups in total. The summed E-state index contributed by atoms with van der Waals surface area (Å²) in [5.74, 6) is 0.994. The highest BCUT2D eigenvalue weighted by molar-refractivity contribution is 6.31. The fourth-order valence-electron chi connectivity index (χ4n) is 2.80. The topological polar surface area (TPSA) is 53.8 Å². The summed E-state index contributed by atoms with van der Waals surface area (Å²) in [6, 6.07) is 9.03. The van der Waals surface area contributed by atoms with Crippen LogP contribution in [0.1, 0.15) is 17.5 Å². The highest BCUT2D eigenvalue weighted by Crippen LogP contribution is 2.34. The third-order valence-corrected chi connectivity index (χ3v) is 4.27. The predicted molar refractivity (Wildman–Crippen MR) is 89.0 cm³/mol. The van der Waals surface area contributed by atoms with Crippen LogP contribution in [0.2, 0.25) is 5.02 Å². The molecule has 23 heavy (non-hydrogen) atoms. The molecule has 120 valence electrons. The average molecular weight is 333 g/mol. The first-order chi connectivity index (χ1) is 11.1. The maximum Gasteiger partial charge on any atom is 0.219 e. The van der Waals surface area contributed by atoms with Gasteiger partial charge in [0.15, 0.2) is 12.0 Å². The standard InChI is InChI=1S/C17H17ClN2O3/c1-12(22)19-6-8-20(9-7-19)16-4-2-13(18)10-15(16)17-5-3-14(11-21)23-17/h2-5,10-11H,6-9H2,1H3. The monoisotopic (exact) mass is 332 g/mol. The number of carbonyl (C=O) groups is 2. The Morgan fingerprint density at radius 2 is 1.91 bits per heavy atom. The zero-order chi connectivity index (χ0) is 16.4. The highest BCUT2D eigenvalue weighted by atomic mass is 35.5. The van der Waals surface area contributed by atoms with Crippen LogP contribution in [0.25, 0.3) is 11.3 Å². The number of anilines is 1. The lowest BCUT2D eigenvalue weighted by Gasteiger charge is -2.36. The first kappa shape index (κ1) is 15.6.